The number of rotatable bonds is 7. The standard InChI is InChI=1S/C19H14F2N2O5S2/c1-30(26,27)22-17-8-7-15(29-14-5-3-13(4-6-14)23(24)25)11-19(17)28-18-9-2-12(20)10-16(18)21/h2-11,22H,1H3. The van der Waals surface area contributed by atoms with Gasteiger partial charge in [-0.3, -0.25) is 14.8 Å². The van der Waals surface area contributed by atoms with Crippen LogP contribution in [-0.2, 0) is 10.0 Å². The van der Waals surface area contributed by atoms with E-state index in [1.54, 1.807) is 18.2 Å². The molecule has 3 aromatic rings. The molecule has 0 saturated carbocycles. The maximum atomic E-state index is 14.0. The Morgan fingerprint density at radius 3 is 2.23 bits per heavy atom. The first-order chi connectivity index (χ1) is 14.1. The molecular formula is C19H14F2N2O5S2. The van der Waals surface area contributed by atoms with E-state index >= 15 is 0 Å². The maximum Gasteiger partial charge on any atom is 0.269 e. The fraction of sp³-hybridized carbons (Fsp3) is 0.0526. The van der Waals surface area contributed by atoms with Gasteiger partial charge < -0.3 is 4.74 Å². The molecule has 0 unspecified atom stereocenters. The van der Waals surface area contributed by atoms with Crippen LogP contribution in [0.1, 0.15) is 0 Å². The molecule has 0 aromatic heterocycles. The second-order valence-electron chi connectivity index (χ2n) is 6.06. The van der Waals surface area contributed by atoms with Crippen LogP contribution in [0.3, 0.4) is 0 Å². The van der Waals surface area contributed by atoms with Crippen LogP contribution < -0.4 is 9.46 Å². The second kappa shape index (κ2) is 8.67. The summed E-state index contributed by atoms with van der Waals surface area (Å²) in [5, 5.41) is 10.8. The molecule has 1 N–H and O–H groups in total. The summed E-state index contributed by atoms with van der Waals surface area (Å²) < 4.78 is 58.2. The van der Waals surface area contributed by atoms with Crippen molar-refractivity contribution in [3.63, 3.8) is 0 Å². The number of nitrogens with zero attached hydrogens (tertiary/aromatic N) is 1. The molecule has 0 atom stereocenters. The van der Waals surface area contributed by atoms with Crippen molar-refractivity contribution in [3.05, 3.63) is 82.4 Å². The number of ether oxygens (including phenoxy) is 1. The smallest absolute Gasteiger partial charge is 0.269 e. The van der Waals surface area contributed by atoms with Crippen molar-refractivity contribution in [2.75, 3.05) is 11.0 Å². The topological polar surface area (TPSA) is 98.5 Å². The molecule has 0 aliphatic heterocycles. The van der Waals surface area contributed by atoms with Gasteiger partial charge in [0, 0.05) is 28.0 Å². The zero-order chi connectivity index (χ0) is 21.9. The molecule has 0 radical (unpaired) electrons. The van der Waals surface area contributed by atoms with Crippen LogP contribution >= 0.6 is 11.8 Å². The van der Waals surface area contributed by atoms with Gasteiger partial charge in [-0.15, -0.1) is 0 Å². The van der Waals surface area contributed by atoms with Crippen LogP contribution in [0.4, 0.5) is 20.2 Å². The molecule has 156 valence electrons. The van der Waals surface area contributed by atoms with E-state index in [9.17, 15) is 27.3 Å². The Balaban J connectivity index is 1.93. The number of hydrogen-bond donors (Lipinski definition) is 1. The number of nitro benzene ring substituents is 1. The molecule has 30 heavy (non-hydrogen) atoms. The molecule has 0 aliphatic rings. The second-order valence-corrected chi connectivity index (χ2v) is 8.96. The van der Waals surface area contributed by atoms with Gasteiger partial charge in [0.05, 0.1) is 16.9 Å². The quantitative estimate of drug-likeness (QED) is 0.391. The van der Waals surface area contributed by atoms with Crippen molar-refractivity contribution in [1.82, 2.24) is 0 Å². The minimum absolute atomic E-state index is 0.00200. The van der Waals surface area contributed by atoms with Crippen molar-refractivity contribution in [2.45, 2.75) is 9.79 Å². The molecule has 3 rings (SSSR count). The van der Waals surface area contributed by atoms with Crippen LogP contribution in [-0.4, -0.2) is 19.6 Å². The lowest BCUT2D eigenvalue weighted by Crippen LogP contribution is -2.10. The van der Waals surface area contributed by atoms with Gasteiger partial charge in [-0.2, -0.15) is 0 Å². The summed E-state index contributed by atoms with van der Waals surface area (Å²) in [6.45, 7) is 0. The third kappa shape index (κ3) is 5.67. The van der Waals surface area contributed by atoms with Gasteiger partial charge in [0.25, 0.3) is 5.69 Å². The number of anilines is 1. The summed E-state index contributed by atoms with van der Waals surface area (Å²) in [5.41, 5.74) is 0.0112. The van der Waals surface area contributed by atoms with Crippen LogP contribution in [0.2, 0.25) is 0 Å². The van der Waals surface area contributed by atoms with Crippen molar-refractivity contribution in [3.8, 4) is 11.5 Å². The summed E-state index contributed by atoms with van der Waals surface area (Å²) in [6, 6.07) is 13.1. The monoisotopic (exact) mass is 452 g/mol. The van der Waals surface area contributed by atoms with Crippen molar-refractivity contribution >= 4 is 33.2 Å². The first-order valence-electron chi connectivity index (χ1n) is 8.28. The predicted octanol–water partition coefficient (Wildman–Crippen LogP) is 5.19. The van der Waals surface area contributed by atoms with Crippen molar-refractivity contribution in [2.24, 2.45) is 0 Å². The van der Waals surface area contributed by atoms with Crippen LogP contribution in [0.15, 0.2) is 70.5 Å². The third-order valence-electron chi connectivity index (χ3n) is 3.65. The minimum atomic E-state index is -3.65. The van der Waals surface area contributed by atoms with E-state index in [1.165, 1.54) is 36.0 Å². The first-order valence-corrected chi connectivity index (χ1v) is 11.0. The number of sulfonamides is 1. The summed E-state index contributed by atoms with van der Waals surface area (Å²) in [4.78, 5) is 11.5. The van der Waals surface area contributed by atoms with E-state index in [0.717, 1.165) is 18.4 Å². The molecule has 0 fully saturated rings. The number of benzene rings is 3. The van der Waals surface area contributed by atoms with E-state index in [2.05, 4.69) is 4.72 Å². The molecular weight excluding hydrogens is 438 g/mol. The SMILES string of the molecule is CS(=O)(=O)Nc1ccc(Sc2ccc([N+](=O)[O-])cc2)cc1Oc1ccc(F)cc1F. The fourth-order valence-electron chi connectivity index (χ4n) is 2.38. The average Bonchev–Trinajstić information content (AvgIpc) is 2.65. The van der Waals surface area contributed by atoms with Crippen LogP contribution in [0.25, 0.3) is 0 Å². The van der Waals surface area contributed by atoms with Crippen molar-refractivity contribution in [1.29, 1.82) is 0 Å². The van der Waals surface area contributed by atoms with Crippen molar-refractivity contribution < 1.29 is 26.9 Å². The minimum Gasteiger partial charge on any atom is -0.452 e. The predicted molar refractivity (Wildman–Crippen MR) is 109 cm³/mol. The van der Waals surface area contributed by atoms with E-state index in [1.807, 2.05) is 0 Å². The lowest BCUT2D eigenvalue weighted by molar-refractivity contribution is -0.384. The normalized spacial score (nSPS) is 11.2. The zero-order valence-corrected chi connectivity index (χ0v) is 17.0. The molecule has 0 heterocycles. The lowest BCUT2D eigenvalue weighted by atomic mass is 10.3. The number of nitrogens with one attached hydrogen (secondary N) is 1. The summed E-state index contributed by atoms with van der Waals surface area (Å²) in [7, 11) is -3.65. The maximum absolute atomic E-state index is 14.0. The summed E-state index contributed by atoms with van der Waals surface area (Å²) in [5.74, 6) is -2.02. The van der Waals surface area contributed by atoms with Gasteiger partial charge in [0.15, 0.2) is 17.3 Å². The molecule has 3 aromatic carbocycles. The summed E-state index contributed by atoms with van der Waals surface area (Å²) >= 11 is 1.23. The summed E-state index contributed by atoms with van der Waals surface area (Å²) in [6.07, 6.45) is 0.953. The Morgan fingerprint density at radius 2 is 1.63 bits per heavy atom. The average molecular weight is 452 g/mol. The largest absolute Gasteiger partial charge is 0.452 e. The highest BCUT2D eigenvalue weighted by Crippen LogP contribution is 2.38. The molecule has 0 aliphatic carbocycles. The van der Waals surface area contributed by atoms with Gasteiger partial charge in [-0.25, -0.2) is 17.2 Å². The number of halogens is 2. The van der Waals surface area contributed by atoms with E-state index in [4.69, 9.17) is 4.74 Å². The Hall–Kier alpha value is -3.18. The van der Waals surface area contributed by atoms with Crippen LogP contribution in [0, 0.1) is 21.7 Å². The number of nitro groups is 1. The molecule has 0 amide bonds. The van der Waals surface area contributed by atoms with Gasteiger partial charge in [-0.1, -0.05) is 11.8 Å². The first kappa shape index (κ1) is 21.5. The molecule has 0 spiro atoms. The highest BCUT2D eigenvalue weighted by atomic mass is 32.2. The van der Waals surface area contributed by atoms with E-state index in [-0.39, 0.29) is 22.9 Å². The fourth-order valence-corrected chi connectivity index (χ4v) is 3.80. The number of non-ortho nitro benzene ring substituents is 1. The van der Waals surface area contributed by atoms with E-state index in [0.29, 0.717) is 15.9 Å². The van der Waals surface area contributed by atoms with Gasteiger partial charge in [-0.05, 0) is 42.5 Å². The zero-order valence-electron chi connectivity index (χ0n) is 15.3. The number of hydrogen-bond acceptors (Lipinski definition) is 6. The highest BCUT2D eigenvalue weighted by Gasteiger charge is 2.14. The van der Waals surface area contributed by atoms with Gasteiger partial charge in [0.1, 0.15) is 5.82 Å². The molecule has 0 bridgehead atoms. The Bertz CT molecular complexity index is 1200. The van der Waals surface area contributed by atoms with Crippen LogP contribution in [0.5, 0.6) is 11.5 Å². The molecule has 7 nitrogen and oxygen atoms in total. The molecule has 11 heteroatoms. The van der Waals surface area contributed by atoms with E-state index < -0.39 is 26.6 Å². The Labute approximate surface area is 174 Å². The third-order valence-corrected chi connectivity index (χ3v) is 5.23. The Kier molecular flexibility index (Phi) is 6.22. The molecule has 0 saturated heterocycles. The lowest BCUT2D eigenvalue weighted by Gasteiger charge is -2.14. The van der Waals surface area contributed by atoms with Gasteiger partial charge in [0.2, 0.25) is 10.0 Å². The highest BCUT2D eigenvalue weighted by molar-refractivity contribution is 7.99. The van der Waals surface area contributed by atoms with Gasteiger partial charge >= 0.3 is 0 Å². The Morgan fingerprint density at radius 1 is 0.967 bits per heavy atom.